The number of rotatable bonds is 3. The Labute approximate surface area is 107 Å². The molecule has 17 heavy (non-hydrogen) atoms. The first-order valence-corrected chi connectivity index (χ1v) is 7.28. The second-order valence-electron chi connectivity index (χ2n) is 4.57. The first kappa shape index (κ1) is 12.7. The van der Waals surface area contributed by atoms with Crippen molar-refractivity contribution in [1.29, 1.82) is 0 Å². The van der Waals surface area contributed by atoms with Crippen LogP contribution in [0.1, 0.15) is 24.2 Å². The molecule has 0 aliphatic carbocycles. The lowest BCUT2D eigenvalue weighted by atomic mass is 10.0. The SMILES string of the molecule is CC1CSCCN1C(C)C(=O)c1ccccc1. The highest BCUT2D eigenvalue weighted by Crippen LogP contribution is 2.20. The summed E-state index contributed by atoms with van der Waals surface area (Å²) in [6.45, 7) is 5.26. The fourth-order valence-electron chi connectivity index (χ4n) is 2.31. The molecule has 2 nitrogen and oxygen atoms in total. The summed E-state index contributed by atoms with van der Waals surface area (Å²) in [5, 5.41) is 0. The van der Waals surface area contributed by atoms with Crippen molar-refractivity contribution in [1.82, 2.24) is 4.90 Å². The number of benzene rings is 1. The number of carbonyl (C=O) groups excluding carboxylic acids is 1. The van der Waals surface area contributed by atoms with Gasteiger partial charge in [0.1, 0.15) is 0 Å². The summed E-state index contributed by atoms with van der Waals surface area (Å²) < 4.78 is 0. The molecular formula is C14H19NOS. The monoisotopic (exact) mass is 249 g/mol. The van der Waals surface area contributed by atoms with Crippen LogP contribution in [0.2, 0.25) is 0 Å². The molecule has 2 rings (SSSR count). The molecule has 3 heteroatoms. The average Bonchev–Trinajstić information content (AvgIpc) is 2.39. The maximum absolute atomic E-state index is 12.3. The maximum atomic E-state index is 12.3. The Kier molecular flexibility index (Phi) is 4.24. The summed E-state index contributed by atoms with van der Waals surface area (Å²) >= 11 is 1.98. The predicted molar refractivity (Wildman–Crippen MR) is 73.7 cm³/mol. The quantitative estimate of drug-likeness (QED) is 0.768. The molecule has 1 aliphatic rings. The second kappa shape index (κ2) is 5.69. The van der Waals surface area contributed by atoms with E-state index in [2.05, 4.69) is 11.8 Å². The molecule has 2 unspecified atom stereocenters. The van der Waals surface area contributed by atoms with E-state index in [1.807, 2.05) is 49.0 Å². The van der Waals surface area contributed by atoms with E-state index in [9.17, 15) is 4.79 Å². The van der Waals surface area contributed by atoms with E-state index in [4.69, 9.17) is 0 Å². The van der Waals surface area contributed by atoms with Gasteiger partial charge in [-0.25, -0.2) is 0 Å². The third-order valence-corrected chi connectivity index (χ3v) is 4.54. The zero-order valence-corrected chi connectivity index (χ0v) is 11.2. The molecule has 1 saturated heterocycles. The third kappa shape index (κ3) is 2.90. The minimum Gasteiger partial charge on any atom is -0.292 e. The average molecular weight is 249 g/mol. The van der Waals surface area contributed by atoms with Gasteiger partial charge in [0, 0.05) is 29.7 Å². The Morgan fingerprint density at radius 1 is 1.41 bits per heavy atom. The molecule has 1 aromatic carbocycles. The standard InChI is InChI=1S/C14H19NOS/c1-11-10-17-9-8-15(11)12(2)14(16)13-6-4-3-5-7-13/h3-7,11-12H,8-10H2,1-2H3. The highest BCUT2D eigenvalue weighted by Gasteiger charge is 2.28. The Hall–Kier alpha value is -0.800. The zero-order valence-electron chi connectivity index (χ0n) is 10.4. The number of hydrogen-bond donors (Lipinski definition) is 0. The summed E-state index contributed by atoms with van der Waals surface area (Å²) in [5.41, 5.74) is 0.824. The molecule has 0 radical (unpaired) electrons. The van der Waals surface area contributed by atoms with Crippen LogP contribution in [-0.2, 0) is 0 Å². The lowest BCUT2D eigenvalue weighted by Crippen LogP contribution is -2.49. The molecule has 0 spiro atoms. The number of hydrogen-bond acceptors (Lipinski definition) is 3. The summed E-state index contributed by atoms with van der Waals surface area (Å²) in [4.78, 5) is 14.7. The van der Waals surface area contributed by atoms with Gasteiger partial charge < -0.3 is 0 Å². The largest absolute Gasteiger partial charge is 0.292 e. The summed E-state index contributed by atoms with van der Waals surface area (Å²) in [6.07, 6.45) is 0. The van der Waals surface area contributed by atoms with Gasteiger partial charge in [0.05, 0.1) is 6.04 Å². The van der Waals surface area contributed by atoms with Gasteiger partial charge in [0.2, 0.25) is 0 Å². The predicted octanol–water partition coefficient (Wildman–Crippen LogP) is 2.70. The van der Waals surface area contributed by atoms with Crippen molar-refractivity contribution in [2.45, 2.75) is 25.9 Å². The van der Waals surface area contributed by atoms with Crippen molar-refractivity contribution in [3.8, 4) is 0 Å². The Bertz CT molecular complexity index is 379. The van der Waals surface area contributed by atoms with Crippen molar-refractivity contribution in [2.24, 2.45) is 0 Å². The first-order valence-electron chi connectivity index (χ1n) is 6.13. The fourth-order valence-corrected chi connectivity index (χ4v) is 3.35. The smallest absolute Gasteiger partial charge is 0.179 e. The molecule has 0 amide bonds. The maximum Gasteiger partial charge on any atom is 0.179 e. The lowest BCUT2D eigenvalue weighted by molar-refractivity contribution is 0.0799. The first-order chi connectivity index (χ1) is 8.20. The van der Waals surface area contributed by atoms with Crippen molar-refractivity contribution in [3.63, 3.8) is 0 Å². The summed E-state index contributed by atoms with van der Waals surface area (Å²) in [5.74, 6) is 2.51. The number of thioether (sulfide) groups is 1. The molecule has 92 valence electrons. The Balaban J connectivity index is 2.09. The Morgan fingerprint density at radius 2 is 2.12 bits per heavy atom. The highest BCUT2D eigenvalue weighted by molar-refractivity contribution is 7.99. The molecular weight excluding hydrogens is 230 g/mol. The molecule has 0 aromatic heterocycles. The van der Waals surface area contributed by atoms with Crippen LogP contribution in [0.3, 0.4) is 0 Å². The van der Waals surface area contributed by atoms with Gasteiger partial charge in [0.15, 0.2) is 5.78 Å². The van der Waals surface area contributed by atoms with E-state index in [0.717, 1.165) is 23.6 Å². The second-order valence-corrected chi connectivity index (χ2v) is 5.72. The van der Waals surface area contributed by atoms with E-state index < -0.39 is 0 Å². The molecule has 0 saturated carbocycles. The van der Waals surface area contributed by atoms with Crippen LogP contribution in [0.15, 0.2) is 30.3 Å². The molecule has 0 N–H and O–H groups in total. The third-order valence-electron chi connectivity index (χ3n) is 3.35. The minimum absolute atomic E-state index is 0.00620. The summed E-state index contributed by atoms with van der Waals surface area (Å²) in [7, 11) is 0. The molecule has 0 bridgehead atoms. The highest BCUT2D eigenvalue weighted by atomic mass is 32.2. The van der Waals surface area contributed by atoms with Gasteiger partial charge in [-0.1, -0.05) is 30.3 Å². The van der Waals surface area contributed by atoms with Gasteiger partial charge in [-0.15, -0.1) is 0 Å². The van der Waals surface area contributed by atoms with E-state index in [-0.39, 0.29) is 11.8 Å². The molecule has 1 heterocycles. The van der Waals surface area contributed by atoms with Crippen molar-refractivity contribution < 1.29 is 4.79 Å². The van der Waals surface area contributed by atoms with Crippen LogP contribution in [0, 0.1) is 0 Å². The van der Waals surface area contributed by atoms with Crippen LogP contribution in [0.4, 0.5) is 0 Å². The van der Waals surface area contributed by atoms with Gasteiger partial charge in [-0.2, -0.15) is 11.8 Å². The number of carbonyl (C=O) groups is 1. The Morgan fingerprint density at radius 3 is 2.76 bits per heavy atom. The normalized spacial score (nSPS) is 23.3. The van der Waals surface area contributed by atoms with Gasteiger partial charge in [-0.3, -0.25) is 9.69 Å². The van der Waals surface area contributed by atoms with Crippen molar-refractivity contribution in [3.05, 3.63) is 35.9 Å². The summed E-state index contributed by atoms with van der Waals surface area (Å²) in [6, 6.07) is 10.1. The van der Waals surface area contributed by atoms with Gasteiger partial charge in [0.25, 0.3) is 0 Å². The minimum atomic E-state index is -0.00620. The van der Waals surface area contributed by atoms with Crippen LogP contribution < -0.4 is 0 Å². The molecule has 2 atom stereocenters. The molecule has 1 aromatic rings. The van der Waals surface area contributed by atoms with E-state index in [0.29, 0.717) is 6.04 Å². The van der Waals surface area contributed by atoms with Crippen molar-refractivity contribution in [2.75, 3.05) is 18.1 Å². The van der Waals surface area contributed by atoms with E-state index in [1.54, 1.807) is 0 Å². The van der Waals surface area contributed by atoms with Crippen molar-refractivity contribution >= 4 is 17.5 Å². The fraction of sp³-hybridized carbons (Fsp3) is 0.500. The molecule has 1 aliphatic heterocycles. The van der Waals surface area contributed by atoms with Crippen LogP contribution in [-0.4, -0.2) is 40.8 Å². The zero-order chi connectivity index (χ0) is 12.3. The topological polar surface area (TPSA) is 20.3 Å². The number of Topliss-reactive ketones (excluding diaryl/α,β-unsaturated/α-hetero) is 1. The number of ketones is 1. The van der Waals surface area contributed by atoms with Gasteiger partial charge >= 0.3 is 0 Å². The van der Waals surface area contributed by atoms with Gasteiger partial charge in [-0.05, 0) is 13.8 Å². The lowest BCUT2D eigenvalue weighted by Gasteiger charge is -2.36. The molecule has 1 fully saturated rings. The van der Waals surface area contributed by atoms with E-state index in [1.165, 1.54) is 0 Å². The van der Waals surface area contributed by atoms with Crippen LogP contribution in [0.5, 0.6) is 0 Å². The van der Waals surface area contributed by atoms with Crippen LogP contribution >= 0.6 is 11.8 Å². The number of nitrogens with zero attached hydrogens (tertiary/aromatic N) is 1. The van der Waals surface area contributed by atoms with E-state index >= 15 is 0 Å². The van der Waals surface area contributed by atoms with Crippen LogP contribution in [0.25, 0.3) is 0 Å².